The highest BCUT2D eigenvalue weighted by atomic mass is 32.1. The van der Waals surface area contributed by atoms with Gasteiger partial charge in [0.1, 0.15) is 23.6 Å². The molecule has 0 bridgehead atoms. The molecule has 0 aliphatic carbocycles. The number of rotatable bonds is 20. The van der Waals surface area contributed by atoms with Gasteiger partial charge in [-0.25, -0.2) is 4.98 Å². The summed E-state index contributed by atoms with van der Waals surface area (Å²) in [6.45, 7) is 12.7. The van der Waals surface area contributed by atoms with Crippen LogP contribution in [0.4, 0.5) is 0 Å². The van der Waals surface area contributed by atoms with Gasteiger partial charge in [-0.15, -0.1) is 11.3 Å². The Bertz CT molecular complexity index is 1180. The fraction of sp³-hybridized carbons (Fsp3) is 0.647. The molecular weight excluding hydrogens is 592 g/mol. The van der Waals surface area contributed by atoms with Crippen LogP contribution in [0.1, 0.15) is 94.4 Å². The average Bonchev–Trinajstić information content (AvgIpc) is 3.53. The van der Waals surface area contributed by atoms with Gasteiger partial charge in [-0.05, 0) is 36.7 Å². The average molecular weight is 647 g/mol. The normalized spacial score (nSPS) is 15.5. The van der Waals surface area contributed by atoms with Gasteiger partial charge in [0.15, 0.2) is 0 Å². The fourth-order valence-corrected chi connectivity index (χ4v) is 6.21. The molecule has 1 heterocycles. The van der Waals surface area contributed by atoms with E-state index in [1.54, 1.807) is 19.4 Å². The van der Waals surface area contributed by atoms with E-state index in [-0.39, 0.29) is 54.2 Å². The molecule has 1 aromatic heterocycles. The van der Waals surface area contributed by atoms with Gasteiger partial charge in [-0.3, -0.25) is 14.4 Å². The number of aromatic nitrogens is 1. The summed E-state index contributed by atoms with van der Waals surface area (Å²) in [7, 11) is 2.92. The van der Waals surface area contributed by atoms with E-state index in [0.29, 0.717) is 30.8 Å². The zero-order valence-electron chi connectivity index (χ0n) is 28.3. The highest BCUT2D eigenvalue weighted by Gasteiger charge is 2.34. The number of methoxy groups -OCH3 is 2. The maximum atomic E-state index is 13.6. The van der Waals surface area contributed by atoms with Crippen LogP contribution in [0.25, 0.3) is 0 Å². The summed E-state index contributed by atoms with van der Waals surface area (Å²) in [5, 5.41) is 5.43. The van der Waals surface area contributed by atoms with Crippen LogP contribution in [-0.4, -0.2) is 73.4 Å². The molecule has 0 radical (unpaired) electrons. The molecule has 0 spiro atoms. The third-order valence-electron chi connectivity index (χ3n) is 8.23. The van der Waals surface area contributed by atoms with E-state index in [1.807, 2.05) is 56.0 Å². The first-order valence-electron chi connectivity index (χ1n) is 16.0. The largest absolute Gasteiger partial charge is 0.469 e. The number of benzene rings is 1. The molecule has 10 nitrogen and oxygen atoms in total. The summed E-state index contributed by atoms with van der Waals surface area (Å²) in [6.07, 6.45) is 2.56. The summed E-state index contributed by atoms with van der Waals surface area (Å²) in [5.74, 6) is -0.916. The van der Waals surface area contributed by atoms with Crippen molar-refractivity contribution < 1.29 is 28.6 Å². The Morgan fingerprint density at radius 3 is 2.31 bits per heavy atom. The molecule has 0 aliphatic heterocycles. The van der Waals surface area contributed by atoms with Crippen molar-refractivity contribution in [2.45, 2.75) is 97.9 Å². The predicted molar refractivity (Wildman–Crippen MR) is 178 cm³/mol. The topological polar surface area (TPSA) is 133 Å². The maximum Gasteiger partial charge on any atom is 0.308 e. The van der Waals surface area contributed by atoms with E-state index in [9.17, 15) is 14.4 Å². The molecular formula is C34H54N4O6S. The number of ether oxygens (including phenoxy) is 3. The zero-order valence-corrected chi connectivity index (χ0v) is 29.1. The van der Waals surface area contributed by atoms with Crippen molar-refractivity contribution in [1.82, 2.24) is 15.2 Å². The van der Waals surface area contributed by atoms with Gasteiger partial charge in [0, 0.05) is 37.5 Å². The molecule has 2 aromatic rings. The van der Waals surface area contributed by atoms with E-state index < -0.39 is 18.1 Å². The standard InChI is InChI=1S/C34H54N4O6S/c1-9-16-38(33(40)30(35)23(5)10-2)28(22(3)4)19-29(44-21-42-7)32-37-27(20-45-32)31(39)36-26(17-24(6)34(41)43-8)18-25-14-12-11-13-15-25/h11-15,20,22-24,26,28-30H,9-10,16-19,21,35H2,1-8H3,(H,36,39)/t23?,24-,26+,28+,29+,30-/m0/s1. The van der Waals surface area contributed by atoms with Crippen LogP contribution >= 0.6 is 11.3 Å². The summed E-state index contributed by atoms with van der Waals surface area (Å²) < 4.78 is 16.3. The maximum absolute atomic E-state index is 13.6. The quantitative estimate of drug-likeness (QED) is 0.145. The van der Waals surface area contributed by atoms with Gasteiger partial charge in [0.05, 0.1) is 19.1 Å². The van der Waals surface area contributed by atoms with Gasteiger partial charge in [-0.1, -0.05) is 78.3 Å². The van der Waals surface area contributed by atoms with E-state index in [4.69, 9.17) is 24.9 Å². The summed E-state index contributed by atoms with van der Waals surface area (Å²) in [4.78, 5) is 45.9. The number of hydrogen-bond acceptors (Lipinski definition) is 9. The number of esters is 1. The number of carbonyl (C=O) groups excluding carboxylic acids is 3. The van der Waals surface area contributed by atoms with Gasteiger partial charge >= 0.3 is 5.97 Å². The molecule has 2 amide bonds. The highest BCUT2D eigenvalue weighted by molar-refractivity contribution is 7.09. The van der Waals surface area contributed by atoms with Crippen LogP contribution in [0.2, 0.25) is 0 Å². The minimum atomic E-state index is -0.581. The Kier molecular flexibility index (Phi) is 16.7. The molecule has 0 saturated heterocycles. The van der Waals surface area contributed by atoms with E-state index in [1.165, 1.54) is 18.4 Å². The van der Waals surface area contributed by atoms with Crippen molar-refractivity contribution in [1.29, 1.82) is 0 Å². The first-order valence-corrected chi connectivity index (χ1v) is 16.9. The molecule has 1 unspecified atom stereocenters. The lowest BCUT2D eigenvalue weighted by Gasteiger charge is -2.38. The van der Waals surface area contributed by atoms with Crippen molar-refractivity contribution in [2.24, 2.45) is 23.5 Å². The molecule has 6 atom stereocenters. The van der Waals surface area contributed by atoms with Gasteiger partial charge in [-0.2, -0.15) is 0 Å². The molecule has 3 N–H and O–H groups in total. The van der Waals surface area contributed by atoms with Crippen molar-refractivity contribution in [3.63, 3.8) is 0 Å². The smallest absolute Gasteiger partial charge is 0.308 e. The van der Waals surface area contributed by atoms with E-state index in [2.05, 4.69) is 19.2 Å². The molecule has 45 heavy (non-hydrogen) atoms. The van der Waals surface area contributed by atoms with E-state index >= 15 is 0 Å². The number of thiazole rings is 1. The van der Waals surface area contributed by atoms with Gasteiger partial charge in [0.2, 0.25) is 5.91 Å². The Balaban J connectivity index is 2.31. The Morgan fingerprint density at radius 1 is 1.04 bits per heavy atom. The first-order chi connectivity index (χ1) is 21.5. The number of amides is 2. The minimum absolute atomic E-state index is 0.0370. The van der Waals surface area contributed by atoms with Crippen LogP contribution in [0, 0.1) is 17.8 Å². The second kappa shape index (κ2) is 19.6. The molecule has 252 valence electrons. The lowest BCUT2D eigenvalue weighted by molar-refractivity contribution is -0.145. The van der Waals surface area contributed by atoms with Crippen LogP contribution in [-0.2, 0) is 30.2 Å². The summed E-state index contributed by atoms with van der Waals surface area (Å²) >= 11 is 1.34. The minimum Gasteiger partial charge on any atom is -0.469 e. The second-order valence-corrected chi connectivity index (χ2v) is 13.0. The fourth-order valence-electron chi connectivity index (χ4n) is 5.35. The highest BCUT2D eigenvalue weighted by Crippen LogP contribution is 2.31. The number of nitrogens with two attached hydrogens (primary N) is 1. The predicted octanol–water partition coefficient (Wildman–Crippen LogP) is 5.37. The molecule has 0 saturated carbocycles. The lowest BCUT2D eigenvalue weighted by atomic mass is 9.92. The number of hydrogen-bond donors (Lipinski definition) is 2. The third kappa shape index (κ3) is 11.8. The zero-order chi connectivity index (χ0) is 33.5. The summed E-state index contributed by atoms with van der Waals surface area (Å²) in [5.41, 5.74) is 7.74. The second-order valence-electron chi connectivity index (χ2n) is 12.1. The van der Waals surface area contributed by atoms with Crippen molar-refractivity contribution >= 4 is 29.1 Å². The van der Waals surface area contributed by atoms with Crippen LogP contribution in [0.15, 0.2) is 35.7 Å². The van der Waals surface area contributed by atoms with Crippen molar-refractivity contribution in [3.05, 3.63) is 52.0 Å². The van der Waals surface area contributed by atoms with Crippen molar-refractivity contribution in [3.8, 4) is 0 Å². The SMILES string of the molecule is CCCN(C(=O)[C@@H](N)C(C)CC)[C@H](C[C@@H](OCOC)c1nc(C(=O)N[C@@H](Cc2ccccc2)C[C@H](C)C(=O)OC)cs1)C(C)C. The van der Waals surface area contributed by atoms with Crippen LogP contribution < -0.4 is 11.1 Å². The number of carbonyl (C=O) groups is 3. The number of nitrogens with one attached hydrogen (secondary N) is 1. The molecule has 0 fully saturated rings. The first kappa shape index (κ1) is 38.3. The molecule has 11 heteroatoms. The Hall–Kier alpha value is -2.86. The lowest BCUT2D eigenvalue weighted by Crippen LogP contribution is -2.53. The molecule has 2 rings (SSSR count). The van der Waals surface area contributed by atoms with Crippen molar-refractivity contribution in [2.75, 3.05) is 27.6 Å². The Labute approximate surface area is 273 Å². The molecule has 0 aliphatic rings. The van der Waals surface area contributed by atoms with E-state index in [0.717, 1.165) is 18.4 Å². The monoisotopic (exact) mass is 646 g/mol. The van der Waals surface area contributed by atoms with Crippen LogP contribution in [0.3, 0.4) is 0 Å². The molecule has 1 aromatic carbocycles. The number of nitrogens with zero attached hydrogens (tertiary/aromatic N) is 2. The van der Waals surface area contributed by atoms with Gasteiger partial charge < -0.3 is 30.2 Å². The third-order valence-corrected chi connectivity index (χ3v) is 9.17. The Morgan fingerprint density at radius 2 is 1.73 bits per heavy atom. The summed E-state index contributed by atoms with van der Waals surface area (Å²) in [6, 6.07) is 8.77. The van der Waals surface area contributed by atoms with Crippen LogP contribution in [0.5, 0.6) is 0 Å². The van der Waals surface area contributed by atoms with Gasteiger partial charge in [0.25, 0.3) is 5.91 Å².